The summed E-state index contributed by atoms with van der Waals surface area (Å²) in [5.41, 5.74) is 0.661. The molecule has 0 N–H and O–H groups in total. The first-order valence-corrected chi connectivity index (χ1v) is 14.8. The summed E-state index contributed by atoms with van der Waals surface area (Å²) in [6, 6.07) is 0. The molecule has 0 unspecified atom stereocenters. The number of esters is 2. The second-order valence-corrected chi connectivity index (χ2v) is 13.9. The zero-order chi connectivity index (χ0) is 25.5. The van der Waals surface area contributed by atoms with Crippen molar-refractivity contribution in [1.29, 1.82) is 0 Å². The summed E-state index contributed by atoms with van der Waals surface area (Å²) in [4.78, 5) is 23.7. The number of ether oxygens (including phenoxy) is 2. The topological polar surface area (TPSA) is 52.6 Å². The van der Waals surface area contributed by atoms with Crippen LogP contribution in [0.25, 0.3) is 0 Å². The molecular weight excluding hydrogens is 436 g/mol. The molecule has 0 radical (unpaired) electrons. The second-order valence-electron chi connectivity index (χ2n) is 13.9. The van der Waals surface area contributed by atoms with Crippen molar-refractivity contribution in [2.24, 2.45) is 52.3 Å². The minimum atomic E-state index is -0.304. The Balaban J connectivity index is 1.50. The number of carbonyl (C=O) groups is 2. The van der Waals surface area contributed by atoms with Crippen LogP contribution in [0.2, 0.25) is 0 Å². The van der Waals surface area contributed by atoms with E-state index >= 15 is 0 Å². The maximum absolute atomic E-state index is 11.9. The molecule has 4 heteroatoms. The lowest BCUT2D eigenvalue weighted by Crippen LogP contribution is -2.57. The van der Waals surface area contributed by atoms with Gasteiger partial charge in [-0.15, -0.1) is 0 Å². The average Bonchev–Trinajstić information content (AvgIpc) is 3.10. The zero-order valence-corrected chi connectivity index (χ0v) is 23.6. The van der Waals surface area contributed by atoms with Gasteiger partial charge in [-0.1, -0.05) is 53.9 Å². The molecule has 0 aromatic rings. The Hall–Kier alpha value is -1.06. The highest BCUT2D eigenvalue weighted by molar-refractivity contribution is 5.67. The Bertz CT molecular complexity index is 776. The summed E-state index contributed by atoms with van der Waals surface area (Å²) >= 11 is 0. The Kier molecular flexibility index (Phi) is 7.99. The Morgan fingerprint density at radius 1 is 0.829 bits per heavy atom. The molecule has 4 aliphatic rings. The minimum Gasteiger partial charge on any atom is -0.459 e. The maximum Gasteiger partial charge on any atom is 0.303 e. The predicted molar refractivity (Wildman–Crippen MR) is 140 cm³/mol. The monoisotopic (exact) mass is 488 g/mol. The first-order valence-electron chi connectivity index (χ1n) is 14.8. The van der Waals surface area contributed by atoms with E-state index in [1.807, 2.05) is 0 Å². The lowest BCUT2D eigenvalue weighted by molar-refractivity contribution is -0.195. The van der Waals surface area contributed by atoms with Gasteiger partial charge in [-0.3, -0.25) is 9.59 Å². The van der Waals surface area contributed by atoms with Gasteiger partial charge in [0.15, 0.2) is 0 Å². The zero-order valence-electron chi connectivity index (χ0n) is 23.6. The Labute approximate surface area is 214 Å². The van der Waals surface area contributed by atoms with E-state index in [4.69, 9.17) is 9.47 Å². The smallest absolute Gasteiger partial charge is 0.303 e. The van der Waals surface area contributed by atoms with Gasteiger partial charge in [0.1, 0.15) is 12.2 Å². The number of fused-ring (bicyclic) bond motifs is 5. The quantitative estimate of drug-likeness (QED) is 0.347. The Morgan fingerprint density at radius 3 is 2.14 bits per heavy atom. The summed E-state index contributed by atoms with van der Waals surface area (Å²) in [7, 11) is 0. The molecule has 0 amide bonds. The van der Waals surface area contributed by atoms with Gasteiger partial charge in [-0.2, -0.15) is 0 Å². The summed E-state index contributed by atoms with van der Waals surface area (Å²) in [5.74, 6) is 4.88. The SMILES string of the molecule is CC(=O)O[C@H]1C[C@@H]2CC[C@@H]3[C@H](CC[C@]4(C)[C@@H]([C@H](C)CCCC(C)C)CC[C@@H]34)[C@@]2(C)C[C@H]1OC(C)=O. The minimum absolute atomic E-state index is 0.169. The van der Waals surface area contributed by atoms with Crippen LogP contribution >= 0.6 is 0 Å². The van der Waals surface area contributed by atoms with Gasteiger partial charge in [0.25, 0.3) is 0 Å². The third-order valence-electron chi connectivity index (χ3n) is 11.5. The van der Waals surface area contributed by atoms with Crippen molar-refractivity contribution < 1.29 is 19.1 Å². The highest BCUT2D eigenvalue weighted by atomic mass is 16.6. The summed E-state index contributed by atoms with van der Waals surface area (Å²) < 4.78 is 11.5. The van der Waals surface area contributed by atoms with Crippen LogP contribution < -0.4 is 0 Å². The van der Waals surface area contributed by atoms with E-state index in [1.165, 1.54) is 71.6 Å². The van der Waals surface area contributed by atoms with Gasteiger partial charge in [-0.25, -0.2) is 0 Å². The molecule has 4 aliphatic carbocycles. The van der Waals surface area contributed by atoms with E-state index in [-0.39, 0.29) is 29.6 Å². The summed E-state index contributed by atoms with van der Waals surface area (Å²) in [6.45, 7) is 15.3. The Morgan fingerprint density at radius 2 is 1.49 bits per heavy atom. The van der Waals surface area contributed by atoms with Crippen LogP contribution in [0.3, 0.4) is 0 Å². The van der Waals surface area contributed by atoms with Crippen LogP contribution in [0.5, 0.6) is 0 Å². The highest BCUT2D eigenvalue weighted by Gasteiger charge is 2.62. The van der Waals surface area contributed by atoms with E-state index < -0.39 is 0 Å². The van der Waals surface area contributed by atoms with E-state index in [1.54, 1.807) is 0 Å². The van der Waals surface area contributed by atoms with Crippen molar-refractivity contribution >= 4 is 11.9 Å². The molecule has 0 aromatic heterocycles. The fourth-order valence-electron chi connectivity index (χ4n) is 9.93. The largest absolute Gasteiger partial charge is 0.459 e. The van der Waals surface area contributed by atoms with Gasteiger partial charge in [-0.05, 0) is 104 Å². The first kappa shape index (κ1) is 27.0. The molecule has 0 heterocycles. The molecule has 0 aromatic carbocycles. The number of carbonyl (C=O) groups excluding carboxylic acids is 2. The van der Waals surface area contributed by atoms with Crippen molar-refractivity contribution in [3.8, 4) is 0 Å². The molecule has 4 fully saturated rings. The molecule has 0 saturated heterocycles. The fourth-order valence-corrected chi connectivity index (χ4v) is 9.93. The van der Waals surface area contributed by atoms with Gasteiger partial charge < -0.3 is 9.47 Å². The van der Waals surface area contributed by atoms with Crippen LogP contribution in [0.4, 0.5) is 0 Å². The van der Waals surface area contributed by atoms with Crippen LogP contribution in [0.1, 0.15) is 119 Å². The second kappa shape index (κ2) is 10.4. The van der Waals surface area contributed by atoms with Crippen molar-refractivity contribution in [2.45, 2.75) is 131 Å². The molecule has 4 saturated carbocycles. The molecule has 10 atom stereocenters. The van der Waals surface area contributed by atoms with Crippen molar-refractivity contribution in [3.63, 3.8) is 0 Å². The maximum atomic E-state index is 11.9. The van der Waals surface area contributed by atoms with Crippen LogP contribution in [0, 0.1) is 52.3 Å². The summed E-state index contributed by atoms with van der Waals surface area (Å²) in [6.07, 6.45) is 13.3. The lowest BCUT2D eigenvalue weighted by atomic mass is 9.44. The van der Waals surface area contributed by atoms with E-state index in [2.05, 4.69) is 34.6 Å². The van der Waals surface area contributed by atoms with E-state index in [0.29, 0.717) is 17.3 Å². The molecular formula is C31H52O4. The van der Waals surface area contributed by atoms with Crippen LogP contribution in [-0.2, 0) is 19.1 Å². The third kappa shape index (κ3) is 5.19. The highest BCUT2D eigenvalue weighted by Crippen LogP contribution is 2.68. The van der Waals surface area contributed by atoms with E-state index in [0.717, 1.165) is 42.4 Å². The lowest BCUT2D eigenvalue weighted by Gasteiger charge is -2.62. The van der Waals surface area contributed by atoms with Crippen LogP contribution in [0.15, 0.2) is 0 Å². The number of hydrogen-bond acceptors (Lipinski definition) is 4. The molecule has 200 valence electrons. The number of rotatable bonds is 7. The summed E-state index contributed by atoms with van der Waals surface area (Å²) in [5, 5.41) is 0. The molecule has 35 heavy (non-hydrogen) atoms. The fraction of sp³-hybridized carbons (Fsp3) is 0.935. The van der Waals surface area contributed by atoms with Gasteiger partial charge >= 0.3 is 11.9 Å². The van der Waals surface area contributed by atoms with Crippen molar-refractivity contribution in [2.75, 3.05) is 0 Å². The molecule has 4 nitrogen and oxygen atoms in total. The van der Waals surface area contributed by atoms with Crippen molar-refractivity contribution in [3.05, 3.63) is 0 Å². The van der Waals surface area contributed by atoms with E-state index in [9.17, 15) is 9.59 Å². The standard InChI is InChI=1S/C31H52O4/c1-19(2)9-8-10-20(3)25-13-14-26-24-12-11-23-17-28(34-21(4)32)29(35-22(5)33)18-31(23,7)27(24)15-16-30(25,26)6/h19-20,23-29H,8-18H2,1-7H3/t20-,23+,24+,25-,26+,27+,28+,29-,30-,31+/m1/s1. The molecule has 0 bridgehead atoms. The van der Waals surface area contributed by atoms with Crippen LogP contribution in [-0.4, -0.2) is 24.1 Å². The van der Waals surface area contributed by atoms with Gasteiger partial charge in [0.05, 0.1) is 0 Å². The average molecular weight is 489 g/mol. The third-order valence-corrected chi connectivity index (χ3v) is 11.5. The number of hydrogen-bond donors (Lipinski definition) is 0. The molecule has 0 aliphatic heterocycles. The predicted octanol–water partition coefficient (Wildman–Crippen LogP) is 7.58. The normalized spacial score (nSPS) is 43.6. The first-order chi connectivity index (χ1) is 16.5. The van der Waals surface area contributed by atoms with Gasteiger partial charge in [0, 0.05) is 13.8 Å². The van der Waals surface area contributed by atoms with Gasteiger partial charge in [0.2, 0.25) is 0 Å². The van der Waals surface area contributed by atoms with Crippen molar-refractivity contribution in [1.82, 2.24) is 0 Å². The molecule has 4 rings (SSSR count). The molecule has 0 spiro atoms.